The molecule has 0 amide bonds. The Kier molecular flexibility index (Phi) is 4.25. The third-order valence-corrected chi connectivity index (χ3v) is 2.63. The Hall–Kier alpha value is -0.450. The van der Waals surface area contributed by atoms with Crippen molar-refractivity contribution in [1.82, 2.24) is 5.32 Å². The van der Waals surface area contributed by atoms with Crippen molar-refractivity contribution in [1.29, 1.82) is 0 Å². The molecule has 84 valence electrons. The Morgan fingerprint density at radius 3 is 2.80 bits per heavy atom. The molecule has 15 heavy (non-hydrogen) atoms. The van der Waals surface area contributed by atoms with E-state index in [2.05, 4.69) is 21.2 Å². The van der Waals surface area contributed by atoms with Gasteiger partial charge < -0.3 is 10.4 Å². The average molecular weight is 276 g/mol. The van der Waals surface area contributed by atoms with E-state index in [1.54, 1.807) is 26.1 Å². The van der Waals surface area contributed by atoms with Crippen molar-refractivity contribution < 1.29 is 9.50 Å². The molecule has 0 aliphatic carbocycles. The van der Waals surface area contributed by atoms with Gasteiger partial charge in [0.1, 0.15) is 5.82 Å². The smallest absolute Gasteiger partial charge is 0.126 e. The molecule has 0 aromatic heterocycles. The van der Waals surface area contributed by atoms with Crippen molar-refractivity contribution in [2.75, 3.05) is 13.6 Å². The van der Waals surface area contributed by atoms with Crippen LogP contribution in [0.4, 0.5) is 4.39 Å². The Balaban J connectivity index is 2.83. The lowest BCUT2D eigenvalue weighted by Gasteiger charge is -2.23. The molecule has 0 spiro atoms. The first-order chi connectivity index (χ1) is 6.94. The molecule has 0 saturated carbocycles. The zero-order valence-corrected chi connectivity index (χ0v) is 10.4. The molecular formula is C11H15BrFNO. The fourth-order valence-electron chi connectivity index (χ4n) is 1.53. The van der Waals surface area contributed by atoms with Crippen LogP contribution in [-0.4, -0.2) is 24.3 Å². The van der Waals surface area contributed by atoms with Crippen molar-refractivity contribution in [3.05, 3.63) is 34.1 Å². The zero-order valence-electron chi connectivity index (χ0n) is 8.85. The highest BCUT2D eigenvalue weighted by Gasteiger charge is 2.21. The zero-order chi connectivity index (χ0) is 11.5. The molecule has 1 aromatic carbocycles. The van der Waals surface area contributed by atoms with E-state index in [1.165, 1.54) is 6.07 Å². The van der Waals surface area contributed by atoms with E-state index in [1.807, 2.05) is 0 Å². The third kappa shape index (κ3) is 3.89. The van der Waals surface area contributed by atoms with Gasteiger partial charge >= 0.3 is 0 Å². The fraction of sp³-hybridized carbons (Fsp3) is 0.455. The molecule has 0 radical (unpaired) electrons. The van der Waals surface area contributed by atoms with Crippen LogP contribution in [0.25, 0.3) is 0 Å². The molecule has 0 heterocycles. The minimum atomic E-state index is -0.934. The lowest BCUT2D eigenvalue weighted by molar-refractivity contribution is 0.0613. The Labute approximate surface area is 97.6 Å². The third-order valence-electron chi connectivity index (χ3n) is 2.14. The van der Waals surface area contributed by atoms with Crippen LogP contribution in [0.3, 0.4) is 0 Å². The SMILES string of the molecule is CNCC(C)(O)Cc1cc(Br)ccc1F. The maximum Gasteiger partial charge on any atom is 0.126 e. The molecule has 0 bridgehead atoms. The van der Waals surface area contributed by atoms with Gasteiger partial charge in [0.2, 0.25) is 0 Å². The maximum absolute atomic E-state index is 13.4. The van der Waals surface area contributed by atoms with E-state index in [4.69, 9.17) is 0 Å². The lowest BCUT2D eigenvalue weighted by Crippen LogP contribution is -2.38. The first kappa shape index (κ1) is 12.6. The molecule has 0 fully saturated rings. The molecule has 0 aliphatic rings. The minimum Gasteiger partial charge on any atom is -0.389 e. The summed E-state index contributed by atoms with van der Waals surface area (Å²) in [7, 11) is 1.76. The summed E-state index contributed by atoms with van der Waals surface area (Å²) < 4.78 is 14.2. The lowest BCUT2D eigenvalue weighted by atomic mass is 9.96. The van der Waals surface area contributed by atoms with Crippen molar-refractivity contribution in [3.8, 4) is 0 Å². The van der Waals surface area contributed by atoms with Crippen LogP contribution in [0.1, 0.15) is 12.5 Å². The normalized spacial score (nSPS) is 15.0. The monoisotopic (exact) mass is 275 g/mol. The summed E-state index contributed by atoms with van der Waals surface area (Å²) in [5.74, 6) is -0.283. The maximum atomic E-state index is 13.4. The number of likely N-dealkylation sites (N-methyl/N-ethyl adjacent to an activating group) is 1. The summed E-state index contributed by atoms with van der Waals surface area (Å²) >= 11 is 3.28. The predicted molar refractivity (Wildman–Crippen MR) is 62.4 cm³/mol. The fourth-order valence-corrected chi connectivity index (χ4v) is 1.94. The second kappa shape index (κ2) is 5.05. The van der Waals surface area contributed by atoms with Crippen molar-refractivity contribution in [3.63, 3.8) is 0 Å². The van der Waals surface area contributed by atoms with Gasteiger partial charge in [0.05, 0.1) is 5.60 Å². The Bertz CT molecular complexity index is 341. The molecule has 0 saturated heterocycles. The molecule has 0 aliphatic heterocycles. The van der Waals surface area contributed by atoms with Crippen molar-refractivity contribution >= 4 is 15.9 Å². The first-order valence-corrected chi connectivity index (χ1v) is 5.55. The van der Waals surface area contributed by atoms with E-state index < -0.39 is 5.60 Å². The number of nitrogens with one attached hydrogen (secondary N) is 1. The van der Waals surface area contributed by atoms with Crippen LogP contribution in [0.5, 0.6) is 0 Å². The van der Waals surface area contributed by atoms with E-state index in [0.717, 1.165) is 4.47 Å². The largest absolute Gasteiger partial charge is 0.389 e. The summed E-state index contributed by atoms with van der Waals surface area (Å²) in [6.07, 6.45) is 0.291. The molecule has 2 nitrogen and oxygen atoms in total. The van der Waals surface area contributed by atoms with Gasteiger partial charge in [0.25, 0.3) is 0 Å². The number of aliphatic hydroxyl groups is 1. The molecule has 1 atom stereocenters. The molecule has 2 N–H and O–H groups in total. The topological polar surface area (TPSA) is 32.3 Å². The number of benzene rings is 1. The van der Waals surface area contributed by atoms with Gasteiger partial charge in [0, 0.05) is 17.4 Å². The highest BCUT2D eigenvalue weighted by molar-refractivity contribution is 9.10. The number of halogens is 2. The summed E-state index contributed by atoms with van der Waals surface area (Å²) in [6.45, 7) is 2.11. The van der Waals surface area contributed by atoms with Crippen LogP contribution < -0.4 is 5.32 Å². The second-order valence-corrected chi connectivity index (χ2v) is 4.86. The van der Waals surface area contributed by atoms with E-state index in [9.17, 15) is 9.50 Å². The minimum absolute atomic E-state index is 0.283. The molecule has 1 unspecified atom stereocenters. The van der Waals surface area contributed by atoms with Gasteiger partial charge in [0.15, 0.2) is 0 Å². The van der Waals surface area contributed by atoms with E-state index in [0.29, 0.717) is 18.5 Å². The van der Waals surface area contributed by atoms with Crippen LogP contribution in [-0.2, 0) is 6.42 Å². The van der Waals surface area contributed by atoms with Gasteiger partial charge in [-0.15, -0.1) is 0 Å². The van der Waals surface area contributed by atoms with Gasteiger partial charge in [-0.1, -0.05) is 15.9 Å². The number of hydrogen-bond acceptors (Lipinski definition) is 2. The average Bonchev–Trinajstić information content (AvgIpc) is 2.10. The molecule has 1 aromatic rings. The standard InChI is InChI=1S/C11H15BrFNO/c1-11(15,7-14-2)6-8-5-9(12)3-4-10(8)13/h3-5,14-15H,6-7H2,1-2H3. The highest BCUT2D eigenvalue weighted by atomic mass is 79.9. The van der Waals surface area contributed by atoms with Crippen LogP contribution in [0, 0.1) is 5.82 Å². The number of rotatable bonds is 4. The number of hydrogen-bond donors (Lipinski definition) is 2. The van der Waals surface area contributed by atoms with Crippen LogP contribution >= 0.6 is 15.9 Å². The summed E-state index contributed by atoms with van der Waals surface area (Å²) in [4.78, 5) is 0. The molecular weight excluding hydrogens is 261 g/mol. The van der Waals surface area contributed by atoms with Gasteiger partial charge in [-0.25, -0.2) is 4.39 Å². The highest BCUT2D eigenvalue weighted by Crippen LogP contribution is 2.20. The quantitative estimate of drug-likeness (QED) is 0.882. The van der Waals surface area contributed by atoms with Gasteiger partial charge in [-0.3, -0.25) is 0 Å². The van der Waals surface area contributed by atoms with Crippen molar-refractivity contribution in [2.45, 2.75) is 18.9 Å². The van der Waals surface area contributed by atoms with E-state index >= 15 is 0 Å². The predicted octanol–water partition coefficient (Wildman–Crippen LogP) is 2.10. The molecule has 4 heteroatoms. The van der Waals surface area contributed by atoms with Gasteiger partial charge in [-0.05, 0) is 37.7 Å². The summed E-state index contributed by atoms with van der Waals surface area (Å²) in [6, 6.07) is 4.74. The van der Waals surface area contributed by atoms with Gasteiger partial charge in [-0.2, -0.15) is 0 Å². The van der Waals surface area contributed by atoms with Crippen molar-refractivity contribution in [2.24, 2.45) is 0 Å². The first-order valence-electron chi connectivity index (χ1n) is 4.75. The summed E-state index contributed by atoms with van der Waals surface area (Å²) in [5, 5.41) is 12.8. The Morgan fingerprint density at radius 1 is 1.53 bits per heavy atom. The second-order valence-electron chi connectivity index (χ2n) is 3.94. The Morgan fingerprint density at radius 2 is 2.20 bits per heavy atom. The molecule has 1 rings (SSSR count). The summed E-state index contributed by atoms with van der Waals surface area (Å²) in [5.41, 5.74) is -0.416. The van der Waals surface area contributed by atoms with E-state index in [-0.39, 0.29) is 5.82 Å². The van der Waals surface area contributed by atoms with Crippen LogP contribution in [0.15, 0.2) is 22.7 Å². The van der Waals surface area contributed by atoms with Crippen LogP contribution in [0.2, 0.25) is 0 Å².